The molecule has 1 amide bonds. The number of halogens is 1. The van der Waals surface area contributed by atoms with Crippen molar-refractivity contribution in [3.8, 4) is 6.07 Å². The Balaban J connectivity index is 2.15. The molecule has 0 fully saturated rings. The van der Waals surface area contributed by atoms with Gasteiger partial charge in [0, 0.05) is 10.7 Å². The lowest BCUT2D eigenvalue weighted by atomic mass is 10.1. The zero-order chi connectivity index (χ0) is 16.7. The zero-order valence-electron chi connectivity index (χ0n) is 12.6. The molecular weight excluding hydrogens is 308 g/mol. The van der Waals surface area contributed by atoms with Gasteiger partial charge >= 0.3 is 0 Å². The summed E-state index contributed by atoms with van der Waals surface area (Å²) in [5.41, 5.74) is 2.46. The highest BCUT2D eigenvalue weighted by molar-refractivity contribution is 6.30. The summed E-state index contributed by atoms with van der Waals surface area (Å²) in [6.07, 6.45) is 3.48. The van der Waals surface area contributed by atoms with Gasteiger partial charge < -0.3 is 5.32 Å². The van der Waals surface area contributed by atoms with Crippen molar-refractivity contribution in [3.63, 3.8) is 0 Å². The molecule has 23 heavy (non-hydrogen) atoms. The first kappa shape index (κ1) is 16.5. The third-order valence-corrected chi connectivity index (χ3v) is 3.29. The van der Waals surface area contributed by atoms with Crippen LogP contribution in [0.3, 0.4) is 0 Å². The van der Waals surface area contributed by atoms with Crippen LogP contribution in [0.1, 0.15) is 12.5 Å². The number of amides is 1. The number of carbonyl (C=O) groups excluding carboxylic acids is 1. The zero-order valence-corrected chi connectivity index (χ0v) is 13.3. The van der Waals surface area contributed by atoms with E-state index in [1.807, 2.05) is 49.4 Å². The molecule has 114 valence electrons. The van der Waals surface area contributed by atoms with Crippen molar-refractivity contribution in [1.82, 2.24) is 0 Å². The Morgan fingerprint density at radius 2 is 1.78 bits per heavy atom. The molecule has 3 nitrogen and oxygen atoms in total. The third-order valence-electron chi connectivity index (χ3n) is 3.03. The van der Waals surface area contributed by atoms with E-state index >= 15 is 0 Å². The second-order valence-electron chi connectivity index (χ2n) is 4.93. The van der Waals surface area contributed by atoms with Gasteiger partial charge in [-0.05, 0) is 48.4 Å². The molecule has 0 radical (unpaired) electrons. The minimum atomic E-state index is -0.448. The summed E-state index contributed by atoms with van der Waals surface area (Å²) in [7, 11) is 0. The second-order valence-corrected chi connectivity index (χ2v) is 5.37. The Labute approximate surface area is 140 Å². The average Bonchev–Trinajstić information content (AvgIpc) is 2.55. The van der Waals surface area contributed by atoms with Crippen molar-refractivity contribution in [2.75, 3.05) is 5.32 Å². The molecule has 0 saturated carbocycles. The highest BCUT2D eigenvalue weighted by Gasteiger charge is 2.09. The van der Waals surface area contributed by atoms with Gasteiger partial charge in [0.2, 0.25) is 0 Å². The van der Waals surface area contributed by atoms with Gasteiger partial charge in [-0.15, -0.1) is 0 Å². The first-order chi connectivity index (χ1) is 11.1. The monoisotopic (exact) mass is 322 g/mol. The molecule has 0 bridgehead atoms. The van der Waals surface area contributed by atoms with E-state index in [-0.39, 0.29) is 5.57 Å². The molecule has 0 atom stereocenters. The molecule has 0 heterocycles. The summed E-state index contributed by atoms with van der Waals surface area (Å²) < 4.78 is 0. The van der Waals surface area contributed by atoms with Gasteiger partial charge in [0.05, 0.1) is 0 Å². The van der Waals surface area contributed by atoms with Crippen molar-refractivity contribution in [2.45, 2.75) is 6.92 Å². The number of hydrogen-bond acceptors (Lipinski definition) is 2. The van der Waals surface area contributed by atoms with Crippen LogP contribution in [0.5, 0.6) is 0 Å². The molecule has 2 aromatic carbocycles. The highest BCUT2D eigenvalue weighted by atomic mass is 35.5. The lowest BCUT2D eigenvalue weighted by Crippen LogP contribution is -2.13. The lowest BCUT2D eigenvalue weighted by molar-refractivity contribution is -0.112. The highest BCUT2D eigenvalue weighted by Crippen LogP contribution is 2.15. The van der Waals surface area contributed by atoms with E-state index in [1.165, 1.54) is 0 Å². The summed E-state index contributed by atoms with van der Waals surface area (Å²) in [6, 6.07) is 18.4. The minimum Gasteiger partial charge on any atom is -0.321 e. The van der Waals surface area contributed by atoms with Gasteiger partial charge in [-0.25, -0.2) is 0 Å². The minimum absolute atomic E-state index is 0.0460. The predicted octanol–water partition coefficient (Wildman–Crippen LogP) is 4.83. The molecule has 2 aromatic rings. The van der Waals surface area contributed by atoms with Crippen LogP contribution in [-0.2, 0) is 4.79 Å². The summed E-state index contributed by atoms with van der Waals surface area (Å²) in [5, 5.41) is 12.5. The number of benzene rings is 2. The Bertz CT molecular complexity index is 784. The van der Waals surface area contributed by atoms with Crippen molar-refractivity contribution in [3.05, 3.63) is 82.4 Å². The van der Waals surface area contributed by atoms with E-state index in [9.17, 15) is 10.1 Å². The van der Waals surface area contributed by atoms with Crippen molar-refractivity contribution in [1.29, 1.82) is 5.26 Å². The van der Waals surface area contributed by atoms with Crippen molar-refractivity contribution in [2.24, 2.45) is 0 Å². The third kappa shape index (κ3) is 5.14. The smallest absolute Gasteiger partial charge is 0.266 e. The number of carbonyl (C=O) groups is 1. The molecule has 0 aliphatic carbocycles. The van der Waals surface area contributed by atoms with E-state index < -0.39 is 5.91 Å². The van der Waals surface area contributed by atoms with E-state index in [0.717, 1.165) is 11.1 Å². The Morgan fingerprint density at radius 3 is 2.39 bits per heavy atom. The standard InChI is InChI=1S/C19H15ClN2O/c1-14(11-15-5-3-2-4-6-15)12-16(13-21)19(23)22-18-9-7-17(20)8-10-18/h2-12H,1H3,(H,22,23). The van der Waals surface area contributed by atoms with Crippen LogP contribution < -0.4 is 5.32 Å². The van der Waals surface area contributed by atoms with E-state index in [2.05, 4.69) is 5.32 Å². The maximum Gasteiger partial charge on any atom is 0.266 e. The number of nitriles is 1. The fourth-order valence-electron chi connectivity index (χ4n) is 1.96. The maximum absolute atomic E-state index is 12.2. The van der Waals surface area contributed by atoms with Crippen LogP contribution in [0.15, 0.2) is 71.8 Å². The molecule has 0 unspecified atom stereocenters. The Morgan fingerprint density at radius 1 is 1.13 bits per heavy atom. The first-order valence-electron chi connectivity index (χ1n) is 7.00. The van der Waals surface area contributed by atoms with Gasteiger partial charge in [0.1, 0.15) is 11.6 Å². The van der Waals surface area contributed by atoms with Crippen LogP contribution in [0.25, 0.3) is 6.08 Å². The fourth-order valence-corrected chi connectivity index (χ4v) is 2.09. The normalized spacial score (nSPS) is 11.7. The SMILES string of the molecule is CC(=Cc1ccccc1)C=C(C#N)C(=O)Nc1ccc(Cl)cc1. The molecule has 4 heteroatoms. The van der Waals surface area contributed by atoms with E-state index in [0.29, 0.717) is 10.7 Å². The van der Waals surface area contributed by atoms with Crippen LogP contribution in [0.2, 0.25) is 5.02 Å². The lowest BCUT2D eigenvalue weighted by Gasteiger charge is -2.04. The largest absolute Gasteiger partial charge is 0.321 e. The number of nitrogens with zero attached hydrogens (tertiary/aromatic N) is 1. The van der Waals surface area contributed by atoms with Gasteiger partial charge in [0.15, 0.2) is 0 Å². The molecule has 0 saturated heterocycles. The molecule has 0 spiro atoms. The molecule has 2 rings (SSSR count). The van der Waals surface area contributed by atoms with E-state index in [4.69, 9.17) is 11.6 Å². The summed E-state index contributed by atoms with van der Waals surface area (Å²) in [4.78, 5) is 12.2. The molecular formula is C19H15ClN2O. The van der Waals surface area contributed by atoms with Gasteiger partial charge in [-0.2, -0.15) is 5.26 Å². The maximum atomic E-state index is 12.2. The van der Waals surface area contributed by atoms with Gasteiger partial charge in [-0.1, -0.05) is 48.0 Å². The quantitative estimate of drug-likeness (QED) is 0.498. The number of nitrogens with one attached hydrogen (secondary N) is 1. The van der Waals surface area contributed by atoms with Crippen LogP contribution in [0, 0.1) is 11.3 Å². The molecule has 0 aromatic heterocycles. The number of hydrogen-bond donors (Lipinski definition) is 1. The second kappa shape index (κ2) is 7.98. The number of allylic oxidation sites excluding steroid dienone is 2. The van der Waals surface area contributed by atoms with Gasteiger partial charge in [-0.3, -0.25) is 4.79 Å². The average molecular weight is 323 g/mol. The van der Waals surface area contributed by atoms with Crippen molar-refractivity contribution >= 4 is 29.3 Å². The molecule has 0 aliphatic heterocycles. The summed E-state index contributed by atoms with van der Waals surface area (Å²) in [5.74, 6) is -0.448. The predicted molar refractivity (Wildman–Crippen MR) is 93.9 cm³/mol. The Hall–Kier alpha value is -2.83. The fraction of sp³-hybridized carbons (Fsp3) is 0.0526. The summed E-state index contributed by atoms with van der Waals surface area (Å²) in [6.45, 7) is 1.85. The van der Waals surface area contributed by atoms with Gasteiger partial charge in [0.25, 0.3) is 5.91 Å². The molecule has 1 N–H and O–H groups in total. The molecule has 0 aliphatic rings. The first-order valence-corrected chi connectivity index (χ1v) is 7.38. The van der Waals surface area contributed by atoms with Crippen LogP contribution in [-0.4, -0.2) is 5.91 Å². The van der Waals surface area contributed by atoms with Crippen LogP contribution >= 0.6 is 11.6 Å². The number of anilines is 1. The topological polar surface area (TPSA) is 52.9 Å². The number of rotatable bonds is 4. The van der Waals surface area contributed by atoms with Crippen molar-refractivity contribution < 1.29 is 4.79 Å². The van der Waals surface area contributed by atoms with Crippen LogP contribution in [0.4, 0.5) is 5.69 Å². The Kier molecular flexibility index (Phi) is 5.74. The summed E-state index contributed by atoms with van der Waals surface area (Å²) >= 11 is 5.80. The van der Waals surface area contributed by atoms with E-state index in [1.54, 1.807) is 30.3 Å².